The minimum absolute atomic E-state index is 0.0478. The topological polar surface area (TPSA) is 115 Å². The van der Waals surface area contributed by atoms with Crippen molar-refractivity contribution in [3.63, 3.8) is 0 Å². The van der Waals surface area contributed by atoms with Crippen LogP contribution in [0.4, 0.5) is 17.6 Å². The summed E-state index contributed by atoms with van der Waals surface area (Å²) < 4.78 is 78.2. The van der Waals surface area contributed by atoms with E-state index in [0.29, 0.717) is 5.56 Å². The van der Waals surface area contributed by atoms with Gasteiger partial charge in [-0.05, 0) is 48.4 Å². The van der Waals surface area contributed by atoms with Gasteiger partial charge >= 0.3 is 11.5 Å². The highest BCUT2D eigenvalue weighted by Gasteiger charge is 2.47. The SMILES string of the molecule is Cc1ccc(S(=O)(=O)C(F)(F)F)cc1-c1cc(C(=O)O)cc2c1ncn2C/C(F)=C/CN. The Labute approximate surface area is 179 Å². The number of imidazole rings is 1. The lowest BCUT2D eigenvalue weighted by Gasteiger charge is -2.13. The predicted octanol–water partition coefficient (Wildman–Crippen LogP) is 3.82. The van der Waals surface area contributed by atoms with E-state index >= 15 is 0 Å². The number of rotatable bonds is 6. The fraction of sp³-hybridized carbons (Fsp3) is 0.200. The molecule has 1 heterocycles. The summed E-state index contributed by atoms with van der Waals surface area (Å²) >= 11 is 0. The van der Waals surface area contributed by atoms with Crippen molar-refractivity contribution in [2.24, 2.45) is 5.73 Å². The summed E-state index contributed by atoms with van der Waals surface area (Å²) in [5.41, 5.74) is 0.437. The number of alkyl halides is 3. The lowest BCUT2D eigenvalue weighted by atomic mass is 9.97. The fourth-order valence-corrected chi connectivity index (χ4v) is 3.95. The highest BCUT2D eigenvalue weighted by molar-refractivity contribution is 7.92. The van der Waals surface area contributed by atoms with Crippen molar-refractivity contribution in [1.82, 2.24) is 9.55 Å². The van der Waals surface area contributed by atoms with Crippen molar-refractivity contribution < 1.29 is 35.9 Å². The van der Waals surface area contributed by atoms with Gasteiger partial charge in [-0.3, -0.25) is 0 Å². The number of aromatic carboxylic acids is 1. The summed E-state index contributed by atoms with van der Waals surface area (Å²) in [5, 5.41) is 9.49. The highest BCUT2D eigenvalue weighted by atomic mass is 32.2. The van der Waals surface area contributed by atoms with Gasteiger partial charge in [0.15, 0.2) is 0 Å². The Morgan fingerprint density at radius 3 is 2.50 bits per heavy atom. The molecule has 0 aliphatic heterocycles. The first kappa shape index (κ1) is 23.4. The third-order valence-electron chi connectivity index (χ3n) is 4.75. The molecule has 0 bridgehead atoms. The van der Waals surface area contributed by atoms with Crippen molar-refractivity contribution in [3.05, 3.63) is 59.7 Å². The van der Waals surface area contributed by atoms with E-state index in [-0.39, 0.29) is 40.8 Å². The molecule has 0 saturated carbocycles. The minimum atomic E-state index is -5.63. The zero-order valence-corrected chi connectivity index (χ0v) is 17.3. The molecule has 3 aromatic rings. The van der Waals surface area contributed by atoms with Gasteiger partial charge in [-0.2, -0.15) is 13.2 Å². The number of nitrogens with zero attached hydrogens (tertiary/aromatic N) is 2. The Hall–Kier alpha value is -3.25. The van der Waals surface area contributed by atoms with Crippen LogP contribution in [-0.4, -0.2) is 41.1 Å². The maximum absolute atomic E-state index is 14.0. The molecule has 0 saturated heterocycles. The van der Waals surface area contributed by atoms with Crippen LogP contribution in [0.2, 0.25) is 0 Å². The van der Waals surface area contributed by atoms with Crippen molar-refractivity contribution in [3.8, 4) is 11.1 Å². The number of allylic oxidation sites excluding steroid dienone is 1. The van der Waals surface area contributed by atoms with Gasteiger partial charge in [0.1, 0.15) is 5.83 Å². The van der Waals surface area contributed by atoms with Gasteiger partial charge in [0.2, 0.25) is 0 Å². The van der Waals surface area contributed by atoms with E-state index in [9.17, 15) is 35.9 Å². The number of sulfone groups is 1. The third kappa shape index (κ3) is 4.23. The molecule has 2 aromatic carbocycles. The van der Waals surface area contributed by atoms with Crippen LogP contribution in [0.25, 0.3) is 22.2 Å². The van der Waals surface area contributed by atoms with Crippen LogP contribution in [-0.2, 0) is 16.4 Å². The van der Waals surface area contributed by atoms with Crippen LogP contribution in [0.15, 0.2) is 53.5 Å². The molecule has 0 amide bonds. The zero-order valence-electron chi connectivity index (χ0n) is 16.5. The normalized spacial score (nSPS) is 13.0. The molecule has 3 rings (SSSR count). The van der Waals surface area contributed by atoms with Crippen molar-refractivity contribution in [2.75, 3.05) is 6.54 Å². The summed E-state index contributed by atoms with van der Waals surface area (Å²) in [7, 11) is -5.63. The van der Waals surface area contributed by atoms with Gasteiger partial charge in [0, 0.05) is 12.1 Å². The van der Waals surface area contributed by atoms with E-state index in [1.165, 1.54) is 36.0 Å². The Balaban J connectivity index is 2.30. The van der Waals surface area contributed by atoms with Gasteiger partial charge in [-0.15, -0.1) is 0 Å². The number of aryl methyl sites for hydroxylation is 1. The molecule has 0 unspecified atom stereocenters. The zero-order chi connectivity index (χ0) is 23.8. The summed E-state index contributed by atoms with van der Waals surface area (Å²) in [4.78, 5) is 14.8. The fourth-order valence-electron chi connectivity index (χ4n) is 3.17. The largest absolute Gasteiger partial charge is 0.501 e. The van der Waals surface area contributed by atoms with Crippen molar-refractivity contribution in [1.29, 1.82) is 0 Å². The van der Waals surface area contributed by atoms with Gasteiger partial charge in [0.05, 0.1) is 34.4 Å². The van der Waals surface area contributed by atoms with Crippen LogP contribution in [0.5, 0.6) is 0 Å². The number of fused-ring (bicyclic) bond motifs is 1. The van der Waals surface area contributed by atoms with Crippen molar-refractivity contribution in [2.45, 2.75) is 23.9 Å². The Bertz CT molecular complexity index is 1340. The van der Waals surface area contributed by atoms with Gasteiger partial charge in [0.25, 0.3) is 9.84 Å². The molecular weight excluding hydrogens is 454 g/mol. The summed E-state index contributed by atoms with van der Waals surface area (Å²) in [6.07, 6.45) is 2.37. The predicted molar refractivity (Wildman–Crippen MR) is 108 cm³/mol. The first-order valence-corrected chi connectivity index (χ1v) is 10.5. The van der Waals surface area contributed by atoms with E-state index in [4.69, 9.17) is 5.73 Å². The smallest absolute Gasteiger partial charge is 0.478 e. The van der Waals surface area contributed by atoms with Gasteiger partial charge in [-0.1, -0.05) is 6.07 Å². The molecule has 0 fully saturated rings. The van der Waals surface area contributed by atoms with Gasteiger partial charge < -0.3 is 15.4 Å². The highest BCUT2D eigenvalue weighted by Crippen LogP contribution is 2.36. The number of nitrogens with two attached hydrogens (primary N) is 1. The Morgan fingerprint density at radius 2 is 1.91 bits per heavy atom. The summed E-state index contributed by atoms with van der Waals surface area (Å²) in [5.74, 6) is -1.93. The number of carboxylic acid groups (broad SMARTS) is 1. The van der Waals surface area contributed by atoms with E-state index in [1.807, 2.05) is 0 Å². The van der Waals surface area contributed by atoms with Crippen LogP contribution >= 0.6 is 0 Å². The number of hydrogen-bond donors (Lipinski definition) is 2. The molecule has 7 nitrogen and oxygen atoms in total. The molecule has 0 aliphatic rings. The number of carbonyl (C=O) groups is 1. The maximum atomic E-state index is 14.0. The number of hydrogen-bond acceptors (Lipinski definition) is 5. The second kappa shape index (κ2) is 8.36. The van der Waals surface area contributed by atoms with E-state index < -0.39 is 32.0 Å². The van der Waals surface area contributed by atoms with Crippen LogP contribution in [0, 0.1) is 6.92 Å². The summed E-state index contributed by atoms with van der Waals surface area (Å²) in [6, 6.07) is 5.27. The molecule has 3 N–H and O–H groups in total. The molecular formula is C20H17F4N3O4S. The lowest BCUT2D eigenvalue weighted by molar-refractivity contribution is -0.0436. The maximum Gasteiger partial charge on any atom is 0.501 e. The standard InChI is InChI=1S/C20H17F4N3O4S/c1-11-2-3-14(32(30,31)20(22,23)24)8-15(11)16-6-12(19(28)29)7-17-18(16)26-10-27(17)9-13(21)4-5-25/h2-4,6-8,10H,5,9,25H2,1H3,(H,28,29)/b13-4-. The molecule has 0 atom stereocenters. The van der Waals surface area contributed by atoms with E-state index in [2.05, 4.69) is 4.98 Å². The quantitative estimate of drug-likeness (QED) is 0.529. The number of benzene rings is 2. The summed E-state index contributed by atoms with van der Waals surface area (Å²) in [6.45, 7) is 1.18. The Kier molecular flexibility index (Phi) is 6.11. The minimum Gasteiger partial charge on any atom is -0.478 e. The van der Waals surface area contributed by atoms with Gasteiger partial charge in [-0.25, -0.2) is 22.6 Å². The first-order chi connectivity index (χ1) is 14.9. The molecule has 12 heteroatoms. The number of aromatic nitrogens is 2. The van der Waals surface area contributed by atoms with E-state index in [1.54, 1.807) is 0 Å². The number of carboxylic acids is 1. The Morgan fingerprint density at radius 1 is 1.22 bits per heavy atom. The molecule has 1 aromatic heterocycles. The average molecular weight is 471 g/mol. The van der Waals surface area contributed by atoms with Crippen LogP contribution in [0.3, 0.4) is 0 Å². The molecule has 0 aliphatic carbocycles. The second-order valence-electron chi connectivity index (χ2n) is 6.88. The average Bonchev–Trinajstić information content (AvgIpc) is 3.09. The van der Waals surface area contributed by atoms with Crippen molar-refractivity contribution >= 4 is 26.8 Å². The first-order valence-electron chi connectivity index (χ1n) is 9.06. The number of halogens is 4. The second-order valence-corrected chi connectivity index (χ2v) is 8.82. The molecule has 32 heavy (non-hydrogen) atoms. The van der Waals surface area contributed by atoms with E-state index in [0.717, 1.165) is 18.2 Å². The monoisotopic (exact) mass is 471 g/mol. The molecule has 170 valence electrons. The molecule has 0 radical (unpaired) electrons. The third-order valence-corrected chi connectivity index (χ3v) is 6.23. The molecule has 0 spiro atoms. The van der Waals surface area contributed by atoms with Crippen LogP contribution in [0.1, 0.15) is 15.9 Å². The van der Waals surface area contributed by atoms with Crippen LogP contribution < -0.4 is 5.73 Å². The lowest BCUT2D eigenvalue weighted by Crippen LogP contribution is -2.23.